The fourth-order valence-corrected chi connectivity index (χ4v) is 2.57. The molecule has 0 amide bonds. The predicted molar refractivity (Wildman–Crippen MR) is 65.6 cm³/mol. The number of aromatic nitrogens is 1. The van der Waals surface area contributed by atoms with Gasteiger partial charge in [-0.05, 0) is 6.92 Å². The van der Waals surface area contributed by atoms with Crippen LogP contribution < -0.4 is 4.57 Å². The summed E-state index contributed by atoms with van der Waals surface area (Å²) in [6.45, 7) is 3.18. The van der Waals surface area contributed by atoms with Crippen LogP contribution in [0.3, 0.4) is 0 Å². The van der Waals surface area contributed by atoms with E-state index in [0.717, 1.165) is 10.7 Å². The van der Waals surface area contributed by atoms with Crippen molar-refractivity contribution in [1.82, 2.24) is 0 Å². The van der Waals surface area contributed by atoms with E-state index in [-0.39, 0.29) is 0 Å². The summed E-state index contributed by atoms with van der Waals surface area (Å²) in [6, 6.07) is 6.08. The van der Waals surface area contributed by atoms with Crippen LogP contribution in [0.25, 0.3) is 4.13 Å². The van der Waals surface area contributed by atoms with Crippen molar-refractivity contribution in [2.24, 2.45) is 0 Å². The van der Waals surface area contributed by atoms with Gasteiger partial charge in [0.25, 0.3) is 0 Å². The van der Waals surface area contributed by atoms with Gasteiger partial charge in [0.1, 0.15) is 6.54 Å². The summed E-state index contributed by atoms with van der Waals surface area (Å²) >= 11 is 0. The summed E-state index contributed by atoms with van der Waals surface area (Å²) in [5, 5.41) is 0. The molecule has 6 nitrogen and oxygen atoms in total. The highest BCUT2D eigenvalue weighted by Gasteiger charge is 2.46. The molecule has 0 bridgehead atoms. The number of aryl methyl sites for hydroxylation is 1. The maximum Gasteiger partial charge on any atom is 0.480 e. The van der Waals surface area contributed by atoms with Gasteiger partial charge in [-0.15, -0.1) is 0 Å². The lowest BCUT2D eigenvalue weighted by Gasteiger charge is -2.22. The van der Waals surface area contributed by atoms with Crippen molar-refractivity contribution in [2.45, 2.75) is 24.5 Å². The van der Waals surface area contributed by atoms with Gasteiger partial charge in [-0.25, -0.2) is 21.4 Å². The lowest BCUT2D eigenvalue weighted by molar-refractivity contribution is -0.693. The van der Waals surface area contributed by atoms with Crippen LogP contribution in [-0.4, -0.2) is 27.9 Å². The van der Waals surface area contributed by atoms with Gasteiger partial charge in [0.15, 0.2) is 32.4 Å². The Balaban J connectivity index is 0.000000502. The van der Waals surface area contributed by atoms with Crippen molar-refractivity contribution in [3.8, 4) is 0 Å². The minimum absolute atomic E-state index is 0.778. The van der Waals surface area contributed by atoms with Crippen LogP contribution in [0.2, 0.25) is 0 Å². The maximum absolute atomic E-state index is 11.4. The van der Waals surface area contributed by atoms with Crippen LogP contribution in [0.5, 0.6) is 0 Å². The summed E-state index contributed by atoms with van der Waals surface area (Å²) in [6.07, 6.45) is 4.11. The van der Waals surface area contributed by atoms with E-state index in [2.05, 4.69) is 23.9 Å². The predicted octanol–water partition coefficient (Wildman–Crippen LogP) is 2.05. The maximum atomic E-state index is 11.4. The van der Waals surface area contributed by atoms with Gasteiger partial charge in [0.2, 0.25) is 0 Å². The highest BCUT2D eigenvalue weighted by atomic mass is 32.3. The molecule has 1 aromatic heterocycles. The van der Waals surface area contributed by atoms with Gasteiger partial charge in [0, 0.05) is 12.1 Å². The lowest BCUT2D eigenvalue weighted by atomic mass is 10.5. The molecule has 1 aromatic rings. The first-order chi connectivity index (χ1) is 10.1. The van der Waals surface area contributed by atoms with E-state index < -0.39 is 31.1 Å². The Morgan fingerprint density at radius 2 is 1.17 bits per heavy atom. The van der Waals surface area contributed by atoms with Crippen molar-refractivity contribution < 1.29 is 47.7 Å². The van der Waals surface area contributed by atoms with Crippen LogP contribution in [0.4, 0.5) is 26.3 Å². The van der Waals surface area contributed by atoms with Gasteiger partial charge in [0.05, 0.1) is 0 Å². The molecular weight excluding hydrogens is 378 g/mol. The van der Waals surface area contributed by atoms with E-state index in [1.165, 1.54) is 0 Å². The zero-order valence-electron chi connectivity index (χ0n) is 11.2. The largest absolute Gasteiger partial charge is 0.480 e. The fraction of sp³-hybridized carbons (Fsp3) is 0.444. The van der Waals surface area contributed by atoms with Gasteiger partial charge in [-0.2, -0.15) is 26.3 Å². The van der Waals surface area contributed by atoms with Crippen LogP contribution in [-0.2, 0) is 26.6 Å². The van der Waals surface area contributed by atoms with E-state index in [1.807, 2.05) is 18.2 Å². The van der Waals surface area contributed by atoms with E-state index in [9.17, 15) is 43.2 Å². The second kappa shape index (κ2) is 7.44. The van der Waals surface area contributed by atoms with Crippen molar-refractivity contribution in [3.63, 3.8) is 0 Å². The van der Waals surface area contributed by atoms with Gasteiger partial charge in [-0.3, -0.25) is 0 Å². The molecule has 0 unspecified atom stereocenters. The molecule has 1 heterocycles. The first-order valence-electron chi connectivity index (χ1n) is 5.45. The van der Waals surface area contributed by atoms with Gasteiger partial charge < -0.3 is 4.13 Å². The number of alkyl halides is 6. The van der Waals surface area contributed by atoms with Gasteiger partial charge >= 0.3 is 11.0 Å². The highest BCUT2D eigenvalue weighted by molar-refractivity contribution is 8.13. The molecule has 0 aliphatic rings. The Morgan fingerprint density at radius 3 is 1.39 bits per heavy atom. The van der Waals surface area contributed by atoms with E-state index in [4.69, 9.17) is 0 Å². The number of sulfonamides is 2. The van der Waals surface area contributed by atoms with Crippen molar-refractivity contribution in [1.29, 1.82) is 0 Å². The molecule has 0 spiro atoms. The molecule has 14 heteroatoms. The van der Waals surface area contributed by atoms with Crippen LogP contribution >= 0.6 is 0 Å². The SMILES string of the molecule is CC[n+]1ccccc1.O=S(=O)([N-]S(=O)(=O)C(F)(F)F)C(F)(F)F. The van der Waals surface area contributed by atoms with Gasteiger partial charge in [-0.1, -0.05) is 6.07 Å². The summed E-state index contributed by atoms with van der Waals surface area (Å²) in [7, 11) is -13.4. The molecule has 1 rings (SSSR count). The first kappa shape index (κ1) is 21.6. The average Bonchev–Trinajstić information content (AvgIpc) is 2.36. The topological polar surface area (TPSA) is 86.3 Å². The molecule has 134 valence electrons. The van der Waals surface area contributed by atoms with Crippen LogP contribution in [0.15, 0.2) is 30.6 Å². The molecular formula is C9H10F6N2O4S2. The molecule has 0 saturated carbocycles. The fourth-order valence-electron chi connectivity index (χ4n) is 0.859. The minimum atomic E-state index is -6.72. The standard InChI is InChI=1S/C7H10N.C2F6NO4S2/c1-2-8-6-4-3-5-7-8;3-1(4,5)14(10,11)9-15(12,13)2(6,7)8/h3-7H,2H2,1H3;/q+1;-1. The Labute approximate surface area is 127 Å². The number of pyridine rings is 1. The molecule has 0 saturated heterocycles. The van der Waals surface area contributed by atoms with Crippen molar-refractivity contribution in [3.05, 3.63) is 34.7 Å². The Morgan fingerprint density at radius 1 is 0.826 bits per heavy atom. The number of hydrogen-bond acceptors (Lipinski definition) is 4. The van der Waals surface area contributed by atoms with E-state index >= 15 is 0 Å². The first-order valence-corrected chi connectivity index (χ1v) is 8.33. The lowest BCUT2D eigenvalue weighted by Crippen LogP contribution is -2.30. The molecule has 0 fully saturated rings. The monoisotopic (exact) mass is 388 g/mol. The summed E-state index contributed by atoms with van der Waals surface area (Å²) in [4.78, 5) is 0. The van der Waals surface area contributed by atoms with E-state index in [1.54, 1.807) is 0 Å². The minimum Gasteiger partial charge on any atom is -0.421 e. The summed E-state index contributed by atoms with van der Waals surface area (Å²) < 4.78 is 111. The van der Waals surface area contributed by atoms with Crippen molar-refractivity contribution >= 4 is 20.0 Å². The van der Waals surface area contributed by atoms with Crippen LogP contribution in [0, 0.1) is 0 Å². The molecule has 0 aliphatic heterocycles. The molecule has 0 atom stereocenters. The Hall–Kier alpha value is -1.41. The number of halogens is 6. The van der Waals surface area contributed by atoms with Crippen LogP contribution in [0.1, 0.15) is 6.92 Å². The third kappa shape index (κ3) is 6.70. The number of hydrogen-bond donors (Lipinski definition) is 0. The zero-order chi connectivity index (χ0) is 18.5. The van der Waals surface area contributed by atoms with Crippen molar-refractivity contribution in [2.75, 3.05) is 0 Å². The summed E-state index contributed by atoms with van der Waals surface area (Å²) in [5.41, 5.74) is -12.4. The highest BCUT2D eigenvalue weighted by Crippen LogP contribution is 2.36. The number of rotatable bonds is 3. The average molecular weight is 388 g/mol. The normalized spacial score (nSPS) is 13.2. The number of nitrogens with zero attached hydrogens (tertiary/aromatic N) is 2. The Kier molecular flexibility index (Phi) is 6.98. The summed E-state index contributed by atoms with van der Waals surface area (Å²) in [5.74, 6) is 0. The second-order valence-corrected chi connectivity index (χ2v) is 7.04. The Bertz CT molecular complexity index is 656. The van der Waals surface area contributed by atoms with E-state index in [0.29, 0.717) is 0 Å². The second-order valence-electron chi connectivity index (χ2n) is 3.62. The molecule has 23 heavy (non-hydrogen) atoms. The smallest absolute Gasteiger partial charge is 0.421 e. The molecule has 0 radical (unpaired) electrons. The molecule has 0 N–H and O–H groups in total. The molecule has 0 aromatic carbocycles. The third-order valence-corrected chi connectivity index (χ3v) is 4.66. The zero-order valence-corrected chi connectivity index (χ0v) is 12.8. The molecule has 0 aliphatic carbocycles. The third-order valence-electron chi connectivity index (χ3n) is 1.92. The quantitative estimate of drug-likeness (QED) is 0.586.